The number of rotatable bonds is 7. The van der Waals surface area contributed by atoms with Gasteiger partial charge in [0.25, 0.3) is 5.91 Å². The Kier molecular flexibility index (Phi) is 5.09. The molecule has 2 aliphatic rings. The maximum atomic E-state index is 12.4. The van der Waals surface area contributed by atoms with Crippen LogP contribution in [0.15, 0.2) is 12.7 Å². The number of nitrogens with zero attached hydrogens (tertiary/aromatic N) is 1. The number of hydroxylamine groups is 1. The molecule has 130 valence electrons. The van der Waals surface area contributed by atoms with Crippen molar-refractivity contribution in [1.29, 1.82) is 0 Å². The minimum Gasteiger partial charge on any atom is -0.340 e. The molecule has 1 saturated heterocycles. The number of hydrogen-bond donors (Lipinski definition) is 3. The molecule has 0 aromatic rings. The van der Waals surface area contributed by atoms with Crippen molar-refractivity contribution in [3.8, 4) is 0 Å². The molecule has 2 fully saturated rings. The Morgan fingerprint density at radius 1 is 1.48 bits per heavy atom. The van der Waals surface area contributed by atoms with E-state index in [4.69, 9.17) is 0 Å². The van der Waals surface area contributed by atoms with Crippen LogP contribution < -0.4 is 15.4 Å². The van der Waals surface area contributed by atoms with Gasteiger partial charge in [0, 0.05) is 13.0 Å². The molecule has 1 unspecified atom stereocenters. The van der Waals surface area contributed by atoms with Gasteiger partial charge in [0.05, 0.1) is 13.2 Å². The summed E-state index contributed by atoms with van der Waals surface area (Å²) in [5, 5.41) is 5.72. The molecule has 0 bridgehead atoms. The molecule has 1 aliphatic carbocycles. The Morgan fingerprint density at radius 2 is 2.17 bits per heavy atom. The van der Waals surface area contributed by atoms with Crippen molar-refractivity contribution in [1.82, 2.24) is 19.8 Å². The molecule has 23 heavy (non-hydrogen) atoms. The number of nitrogens with one attached hydrogen (secondary N) is 3. The predicted molar refractivity (Wildman–Crippen MR) is 82.0 cm³/mol. The van der Waals surface area contributed by atoms with E-state index in [1.165, 1.54) is 6.08 Å². The Bertz CT molecular complexity index is 601. The van der Waals surface area contributed by atoms with Crippen molar-refractivity contribution < 1.29 is 22.8 Å². The summed E-state index contributed by atoms with van der Waals surface area (Å²) in [5.41, 5.74) is -1.27. The summed E-state index contributed by atoms with van der Waals surface area (Å²) in [6, 6.07) is -0.357. The molecular formula is C13H22N4O5S. The van der Waals surface area contributed by atoms with Crippen LogP contribution in [0.3, 0.4) is 0 Å². The highest BCUT2D eigenvalue weighted by atomic mass is 32.2. The van der Waals surface area contributed by atoms with Crippen molar-refractivity contribution >= 4 is 22.0 Å². The summed E-state index contributed by atoms with van der Waals surface area (Å²) in [6.07, 6.45) is 3.42. The van der Waals surface area contributed by atoms with Gasteiger partial charge in [-0.1, -0.05) is 10.5 Å². The predicted octanol–water partition coefficient (Wildman–Crippen LogP) is -1.35. The van der Waals surface area contributed by atoms with Crippen LogP contribution in [-0.4, -0.2) is 57.0 Å². The first kappa shape index (κ1) is 17.9. The van der Waals surface area contributed by atoms with E-state index in [1.54, 1.807) is 0 Å². The molecule has 3 atom stereocenters. The summed E-state index contributed by atoms with van der Waals surface area (Å²) >= 11 is 0. The molecule has 2 amide bonds. The van der Waals surface area contributed by atoms with Crippen molar-refractivity contribution in [2.24, 2.45) is 5.92 Å². The van der Waals surface area contributed by atoms with Crippen molar-refractivity contribution in [2.75, 3.05) is 20.7 Å². The first-order valence-corrected chi connectivity index (χ1v) is 8.74. The number of amides is 2. The second-order valence-corrected chi connectivity index (χ2v) is 7.35. The number of carbonyl (C=O) groups is 2. The number of hydrogen-bond acceptors (Lipinski definition) is 6. The normalized spacial score (nSPS) is 30.0. The van der Waals surface area contributed by atoms with Crippen LogP contribution in [0.4, 0.5) is 0 Å². The Balaban J connectivity index is 2.10. The van der Waals surface area contributed by atoms with E-state index in [9.17, 15) is 18.0 Å². The topological polar surface area (TPSA) is 117 Å². The lowest BCUT2D eigenvalue weighted by molar-refractivity contribution is -0.130. The zero-order valence-corrected chi connectivity index (χ0v) is 14.0. The van der Waals surface area contributed by atoms with E-state index in [-0.39, 0.29) is 17.9 Å². The summed E-state index contributed by atoms with van der Waals surface area (Å²) in [7, 11) is -1.81. The van der Waals surface area contributed by atoms with Gasteiger partial charge in [0.1, 0.15) is 5.54 Å². The maximum absolute atomic E-state index is 12.4. The lowest BCUT2D eigenvalue weighted by Gasteiger charge is -2.22. The molecule has 0 radical (unpaired) electrons. The van der Waals surface area contributed by atoms with E-state index in [2.05, 4.69) is 22.1 Å². The summed E-state index contributed by atoms with van der Waals surface area (Å²) in [5.74, 6) is -1.41. The van der Waals surface area contributed by atoms with E-state index >= 15 is 0 Å². The van der Waals surface area contributed by atoms with Crippen molar-refractivity contribution in [3.05, 3.63) is 12.7 Å². The van der Waals surface area contributed by atoms with Crippen molar-refractivity contribution in [3.63, 3.8) is 0 Å². The van der Waals surface area contributed by atoms with Crippen molar-refractivity contribution in [2.45, 2.75) is 30.8 Å². The smallest absolute Gasteiger partial charge is 0.325 e. The largest absolute Gasteiger partial charge is 0.340 e. The highest BCUT2D eigenvalue weighted by Crippen LogP contribution is 2.44. The zero-order chi connectivity index (χ0) is 17.3. The van der Waals surface area contributed by atoms with Crippen LogP contribution in [0.2, 0.25) is 0 Å². The highest BCUT2D eigenvalue weighted by molar-refractivity contribution is 7.87. The second-order valence-electron chi connectivity index (χ2n) is 5.68. The average Bonchev–Trinajstić information content (AvgIpc) is 2.96. The Labute approximate surface area is 135 Å². The third kappa shape index (κ3) is 3.55. The molecule has 0 spiro atoms. The SMILES string of the molecule is C=CC1C[C@]1(NC(=O)[C@@H]1CCCN1)C(=O)NS(=O)(=O)N(C)OC. The Morgan fingerprint density at radius 3 is 2.65 bits per heavy atom. The zero-order valence-electron chi connectivity index (χ0n) is 13.2. The lowest BCUT2D eigenvalue weighted by Crippen LogP contribution is -2.56. The van der Waals surface area contributed by atoms with Crippen LogP contribution in [-0.2, 0) is 24.6 Å². The molecule has 0 aromatic heterocycles. The van der Waals surface area contributed by atoms with E-state index in [0.717, 1.165) is 27.1 Å². The third-order valence-corrected chi connectivity index (χ3v) is 5.51. The minimum atomic E-state index is -4.13. The Hall–Kier alpha value is -1.49. The van der Waals surface area contributed by atoms with E-state index < -0.39 is 21.7 Å². The molecular weight excluding hydrogens is 324 g/mol. The maximum Gasteiger partial charge on any atom is 0.325 e. The number of carbonyl (C=O) groups excluding carboxylic acids is 2. The first-order valence-electron chi connectivity index (χ1n) is 7.30. The van der Waals surface area contributed by atoms with Crippen LogP contribution in [0.25, 0.3) is 0 Å². The van der Waals surface area contributed by atoms with Crippen LogP contribution in [0.5, 0.6) is 0 Å². The molecule has 1 heterocycles. The van der Waals surface area contributed by atoms with Crippen LogP contribution in [0, 0.1) is 5.92 Å². The van der Waals surface area contributed by atoms with Gasteiger partial charge in [-0.3, -0.25) is 14.4 Å². The molecule has 1 aliphatic heterocycles. The van der Waals surface area contributed by atoms with Gasteiger partial charge in [-0.2, -0.15) is 8.42 Å². The van der Waals surface area contributed by atoms with Gasteiger partial charge < -0.3 is 10.6 Å². The van der Waals surface area contributed by atoms with Crippen LogP contribution in [0.1, 0.15) is 19.3 Å². The average molecular weight is 346 g/mol. The summed E-state index contributed by atoms with van der Waals surface area (Å²) in [6.45, 7) is 4.37. The molecule has 1 saturated carbocycles. The standard InChI is InChI=1S/C13H22N4O5S/c1-4-9-8-13(9,15-11(18)10-6-5-7-14-10)12(19)16-23(20,21)17(2)22-3/h4,9-10,14H,1,5-8H2,2-3H3,(H,15,18)(H,16,19)/t9?,10-,13+/m0/s1. The molecule has 0 aromatic carbocycles. The van der Waals surface area contributed by atoms with Gasteiger partial charge in [-0.25, -0.2) is 4.72 Å². The summed E-state index contributed by atoms with van der Waals surface area (Å²) < 4.78 is 26.3. The monoisotopic (exact) mass is 346 g/mol. The molecule has 9 nitrogen and oxygen atoms in total. The van der Waals surface area contributed by atoms with Gasteiger partial charge >= 0.3 is 10.2 Å². The third-order valence-electron chi connectivity index (χ3n) is 4.24. The van der Waals surface area contributed by atoms with Gasteiger partial charge in [-0.05, 0) is 25.8 Å². The fourth-order valence-corrected chi connectivity index (χ4v) is 3.36. The molecule has 2 rings (SSSR count). The van der Waals surface area contributed by atoms with Gasteiger partial charge in [-0.15, -0.1) is 6.58 Å². The molecule has 10 heteroatoms. The van der Waals surface area contributed by atoms with Gasteiger partial charge in [0.15, 0.2) is 0 Å². The quantitative estimate of drug-likeness (QED) is 0.388. The fourth-order valence-electron chi connectivity index (χ4n) is 2.62. The highest BCUT2D eigenvalue weighted by Gasteiger charge is 2.61. The lowest BCUT2D eigenvalue weighted by atomic mass is 10.1. The van der Waals surface area contributed by atoms with Gasteiger partial charge in [0.2, 0.25) is 5.91 Å². The first-order chi connectivity index (χ1) is 10.8. The second kappa shape index (κ2) is 6.56. The summed E-state index contributed by atoms with van der Waals surface area (Å²) in [4.78, 5) is 29.3. The molecule has 3 N–H and O–H groups in total. The van der Waals surface area contributed by atoms with E-state index in [0.29, 0.717) is 17.3 Å². The van der Waals surface area contributed by atoms with Crippen LogP contribution >= 0.6 is 0 Å². The minimum absolute atomic E-state index is 0.306. The fraction of sp³-hybridized carbons (Fsp3) is 0.692. The van der Waals surface area contributed by atoms with E-state index in [1.807, 2.05) is 4.72 Å².